The average molecular weight is 247 g/mol. The Hall–Kier alpha value is -1.75. The van der Waals surface area contributed by atoms with E-state index in [-0.39, 0.29) is 5.75 Å². The van der Waals surface area contributed by atoms with Crippen molar-refractivity contribution in [1.29, 1.82) is 0 Å². The summed E-state index contributed by atoms with van der Waals surface area (Å²) in [6.07, 6.45) is 0. The number of rotatable bonds is 3. The van der Waals surface area contributed by atoms with Crippen LogP contribution in [0.5, 0.6) is 5.75 Å². The van der Waals surface area contributed by atoms with Crippen LogP contribution in [0.2, 0.25) is 0 Å². The first-order chi connectivity index (χ1) is 8.16. The summed E-state index contributed by atoms with van der Waals surface area (Å²) < 4.78 is 0. The predicted octanol–water partition coefficient (Wildman–Crippen LogP) is 2.40. The van der Waals surface area contributed by atoms with Gasteiger partial charge in [0, 0.05) is 14.1 Å². The van der Waals surface area contributed by atoms with Gasteiger partial charge in [-0.2, -0.15) is 0 Å². The van der Waals surface area contributed by atoms with Crippen LogP contribution in [0, 0.1) is 0 Å². The maximum Gasteiger partial charge on any atom is 0.150 e. The molecular formula is C12H13N3OS. The number of phenolic OH excluding ortho intramolecular Hbond substituents is 1. The molecule has 2 aromatic rings. The van der Waals surface area contributed by atoms with Gasteiger partial charge in [0.25, 0.3) is 0 Å². The molecule has 5 heteroatoms. The third kappa shape index (κ3) is 2.88. The predicted molar refractivity (Wildman–Crippen MR) is 68.6 cm³/mol. The molecule has 2 rings (SSSR count). The first-order valence-electron chi connectivity index (χ1n) is 5.14. The summed E-state index contributed by atoms with van der Waals surface area (Å²) in [4.78, 5) is 2.67. The molecule has 0 fully saturated rings. The fraction of sp³-hybridized carbons (Fsp3) is 0.167. The number of hydrogen-bond donors (Lipinski definition) is 1. The highest BCUT2D eigenvalue weighted by Crippen LogP contribution is 2.32. The Morgan fingerprint density at radius 3 is 2.41 bits per heavy atom. The standard InChI is InChI=1S/C12H13N3OS/c1-15(2)11-7-8-12(14-13-11)17-10-6-4-3-5-9(10)16/h3-8,16H,1-2H3. The molecule has 4 nitrogen and oxygen atoms in total. The highest BCUT2D eigenvalue weighted by molar-refractivity contribution is 7.99. The maximum absolute atomic E-state index is 9.64. The number of para-hydroxylation sites is 1. The molecule has 1 aromatic heterocycles. The summed E-state index contributed by atoms with van der Waals surface area (Å²) in [5, 5.41) is 18.6. The van der Waals surface area contributed by atoms with Gasteiger partial charge >= 0.3 is 0 Å². The number of anilines is 1. The Kier molecular flexibility index (Phi) is 3.49. The minimum Gasteiger partial charge on any atom is -0.507 e. The maximum atomic E-state index is 9.64. The summed E-state index contributed by atoms with van der Waals surface area (Å²) in [6, 6.07) is 11.0. The number of aromatic hydroxyl groups is 1. The SMILES string of the molecule is CN(C)c1ccc(Sc2ccccc2O)nn1. The summed E-state index contributed by atoms with van der Waals surface area (Å²) >= 11 is 1.39. The first kappa shape index (κ1) is 11.7. The van der Waals surface area contributed by atoms with Crippen LogP contribution in [0.3, 0.4) is 0 Å². The van der Waals surface area contributed by atoms with Gasteiger partial charge in [-0.1, -0.05) is 23.9 Å². The van der Waals surface area contributed by atoms with Crippen LogP contribution in [-0.2, 0) is 0 Å². The van der Waals surface area contributed by atoms with Crippen molar-refractivity contribution in [3.05, 3.63) is 36.4 Å². The second-order valence-electron chi connectivity index (χ2n) is 3.69. The molecule has 0 bridgehead atoms. The number of nitrogens with zero attached hydrogens (tertiary/aromatic N) is 3. The van der Waals surface area contributed by atoms with Crippen molar-refractivity contribution < 1.29 is 5.11 Å². The zero-order chi connectivity index (χ0) is 12.3. The van der Waals surface area contributed by atoms with Gasteiger partial charge < -0.3 is 10.0 Å². The molecule has 1 heterocycles. The van der Waals surface area contributed by atoms with Crippen molar-refractivity contribution in [2.24, 2.45) is 0 Å². The van der Waals surface area contributed by atoms with Crippen LogP contribution >= 0.6 is 11.8 Å². The third-order valence-electron chi connectivity index (χ3n) is 2.16. The second kappa shape index (κ2) is 5.05. The molecule has 88 valence electrons. The smallest absolute Gasteiger partial charge is 0.150 e. The van der Waals surface area contributed by atoms with E-state index < -0.39 is 0 Å². The molecule has 0 aliphatic heterocycles. The van der Waals surface area contributed by atoms with Gasteiger partial charge in [-0.3, -0.25) is 0 Å². The summed E-state index contributed by atoms with van der Waals surface area (Å²) in [5.41, 5.74) is 0. The van der Waals surface area contributed by atoms with Gasteiger partial charge in [-0.25, -0.2) is 0 Å². The first-order valence-corrected chi connectivity index (χ1v) is 5.95. The number of hydrogen-bond acceptors (Lipinski definition) is 5. The molecule has 0 amide bonds. The number of phenols is 1. The average Bonchev–Trinajstić information content (AvgIpc) is 2.33. The van der Waals surface area contributed by atoms with Crippen LogP contribution in [0.15, 0.2) is 46.3 Å². The Labute approximate surface area is 104 Å². The summed E-state index contributed by atoms with van der Waals surface area (Å²) in [5.74, 6) is 1.07. The molecular weight excluding hydrogens is 234 g/mol. The molecule has 0 saturated carbocycles. The molecule has 0 atom stereocenters. The monoisotopic (exact) mass is 247 g/mol. The van der Waals surface area contributed by atoms with Gasteiger partial charge in [0.15, 0.2) is 5.82 Å². The lowest BCUT2D eigenvalue weighted by Gasteiger charge is -2.10. The molecule has 0 aliphatic rings. The third-order valence-corrected chi connectivity index (χ3v) is 3.16. The van der Waals surface area contributed by atoms with E-state index in [1.54, 1.807) is 12.1 Å². The van der Waals surface area contributed by atoms with Gasteiger partial charge in [0.1, 0.15) is 10.8 Å². The number of aromatic nitrogens is 2. The molecule has 0 aliphatic carbocycles. The van der Waals surface area contributed by atoms with Crippen LogP contribution in [0.25, 0.3) is 0 Å². The molecule has 0 unspecified atom stereocenters. The molecule has 0 radical (unpaired) electrons. The molecule has 17 heavy (non-hydrogen) atoms. The van der Waals surface area contributed by atoms with Crippen molar-refractivity contribution in [3.63, 3.8) is 0 Å². The number of benzene rings is 1. The van der Waals surface area contributed by atoms with E-state index in [1.807, 2.05) is 43.3 Å². The van der Waals surface area contributed by atoms with E-state index in [9.17, 15) is 5.11 Å². The topological polar surface area (TPSA) is 49.2 Å². The van der Waals surface area contributed by atoms with Gasteiger partial charge in [0.2, 0.25) is 0 Å². The highest BCUT2D eigenvalue weighted by Gasteiger charge is 2.04. The van der Waals surface area contributed by atoms with Gasteiger partial charge in [0.05, 0.1) is 4.90 Å². The second-order valence-corrected chi connectivity index (χ2v) is 4.76. The van der Waals surface area contributed by atoms with Crippen LogP contribution in [-0.4, -0.2) is 29.4 Å². The largest absolute Gasteiger partial charge is 0.507 e. The normalized spacial score (nSPS) is 10.2. The van der Waals surface area contributed by atoms with E-state index in [1.165, 1.54) is 11.8 Å². The van der Waals surface area contributed by atoms with E-state index in [4.69, 9.17) is 0 Å². The fourth-order valence-corrected chi connectivity index (χ4v) is 2.02. The Bertz CT molecular complexity index is 499. The highest BCUT2D eigenvalue weighted by atomic mass is 32.2. The Morgan fingerprint density at radius 1 is 1.06 bits per heavy atom. The zero-order valence-electron chi connectivity index (χ0n) is 9.66. The lowest BCUT2D eigenvalue weighted by molar-refractivity contribution is 0.462. The van der Waals surface area contributed by atoms with E-state index in [2.05, 4.69) is 10.2 Å². The Morgan fingerprint density at radius 2 is 1.82 bits per heavy atom. The Balaban J connectivity index is 2.17. The molecule has 0 spiro atoms. The zero-order valence-corrected chi connectivity index (χ0v) is 10.5. The van der Waals surface area contributed by atoms with E-state index in [0.29, 0.717) is 0 Å². The van der Waals surface area contributed by atoms with Crippen molar-refractivity contribution in [2.75, 3.05) is 19.0 Å². The van der Waals surface area contributed by atoms with Gasteiger partial charge in [-0.15, -0.1) is 10.2 Å². The minimum absolute atomic E-state index is 0.260. The lowest BCUT2D eigenvalue weighted by Crippen LogP contribution is -2.10. The lowest BCUT2D eigenvalue weighted by atomic mass is 10.3. The van der Waals surface area contributed by atoms with Crippen molar-refractivity contribution >= 4 is 17.6 Å². The molecule has 0 saturated heterocycles. The van der Waals surface area contributed by atoms with Gasteiger partial charge in [-0.05, 0) is 24.3 Å². The summed E-state index contributed by atoms with van der Waals surface area (Å²) in [6.45, 7) is 0. The quantitative estimate of drug-likeness (QED) is 0.902. The fourth-order valence-electron chi connectivity index (χ4n) is 1.26. The summed E-state index contributed by atoms with van der Waals surface area (Å²) in [7, 11) is 3.83. The van der Waals surface area contributed by atoms with Crippen LogP contribution in [0.1, 0.15) is 0 Å². The van der Waals surface area contributed by atoms with E-state index in [0.717, 1.165) is 15.7 Å². The van der Waals surface area contributed by atoms with Crippen molar-refractivity contribution in [1.82, 2.24) is 10.2 Å². The van der Waals surface area contributed by atoms with Crippen molar-refractivity contribution in [3.8, 4) is 5.75 Å². The van der Waals surface area contributed by atoms with Crippen LogP contribution in [0.4, 0.5) is 5.82 Å². The van der Waals surface area contributed by atoms with Crippen LogP contribution < -0.4 is 4.90 Å². The molecule has 1 aromatic carbocycles. The molecule has 1 N–H and O–H groups in total. The minimum atomic E-state index is 0.260. The van der Waals surface area contributed by atoms with E-state index >= 15 is 0 Å². The van der Waals surface area contributed by atoms with Crippen molar-refractivity contribution in [2.45, 2.75) is 9.92 Å².